The molecule has 2 aromatic rings. The smallest absolute Gasteiger partial charge is 0.341 e. The standard InChI is InChI=1S/C15H10Cl2FNO3/c16-9-5-6-11(17)13(7-9)19-14(20)8-22-15(21)10-3-1-2-4-12(10)18/h1-7H,8H2,(H,19,20). The van der Waals surface area contributed by atoms with Crippen molar-refractivity contribution in [1.29, 1.82) is 0 Å². The summed E-state index contributed by atoms with van der Waals surface area (Å²) >= 11 is 11.7. The summed E-state index contributed by atoms with van der Waals surface area (Å²) in [6, 6.07) is 9.88. The van der Waals surface area contributed by atoms with Crippen LogP contribution in [-0.4, -0.2) is 18.5 Å². The number of halogens is 3. The van der Waals surface area contributed by atoms with Crippen LogP contribution >= 0.6 is 23.2 Å². The first-order valence-corrected chi connectivity index (χ1v) is 6.89. The van der Waals surface area contributed by atoms with Crippen LogP contribution in [0.1, 0.15) is 10.4 Å². The summed E-state index contributed by atoms with van der Waals surface area (Å²) < 4.78 is 18.1. The second kappa shape index (κ2) is 7.24. The van der Waals surface area contributed by atoms with E-state index in [1.165, 1.54) is 30.3 Å². The Kier molecular flexibility index (Phi) is 5.35. The summed E-state index contributed by atoms with van der Waals surface area (Å²) in [5.41, 5.74) is 0.0530. The van der Waals surface area contributed by atoms with E-state index >= 15 is 0 Å². The van der Waals surface area contributed by atoms with E-state index in [0.29, 0.717) is 10.7 Å². The molecular formula is C15H10Cl2FNO3. The maximum Gasteiger partial charge on any atom is 0.341 e. The molecule has 1 N–H and O–H groups in total. The molecule has 0 fully saturated rings. The van der Waals surface area contributed by atoms with Crippen molar-refractivity contribution in [2.45, 2.75) is 0 Å². The molecule has 0 aromatic heterocycles. The Bertz CT molecular complexity index is 722. The molecule has 22 heavy (non-hydrogen) atoms. The number of anilines is 1. The van der Waals surface area contributed by atoms with Gasteiger partial charge in [-0.3, -0.25) is 4.79 Å². The molecular weight excluding hydrogens is 332 g/mol. The van der Waals surface area contributed by atoms with Gasteiger partial charge in [0.05, 0.1) is 16.3 Å². The van der Waals surface area contributed by atoms with Crippen molar-refractivity contribution in [3.8, 4) is 0 Å². The summed E-state index contributed by atoms with van der Waals surface area (Å²) in [4.78, 5) is 23.4. The number of carbonyl (C=O) groups is 2. The minimum atomic E-state index is -0.926. The van der Waals surface area contributed by atoms with Gasteiger partial charge in [-0.1, -0.05) is 35.3 Å². The van der Waals surface area contributed by atoms with Crippen LogP contribution in [-0.2, 0) is 9.53 Å². The van der Waals surface area contributed by atoms with E-state index in [9.17, 15) is 14.0 Å². The average molecular weight is 342 g/mol. The first kappa shape index (κ1) is 16.3. The van der Waals surface area contributed by atoms with Crippen LogP contribution in [0, 0.1) is 5.82 Å². The van der Waals surface area contributed by atoms with Crippen LogP contribution in [0.2, 0.25) is 10.0 Å². The van der Waals surface area contributed by atoms with Crippen LogP contribution in [0.3, 0.4) is 0 Å². The monoisotopic (exact) mass is 341 g/mol. The Morgan fingerprint density at radius 3 is 2.59 bits per heavy atom. The SMILES string of the molecule is O=C(COC(=O)c1ccccc1F)Nc1cc(Cl)ccc1Cl. The number of hydrogen-bond donors (Lipinski definition) is 1. The van der Waals surface area contributed by atoms with E-state index < -0.39 is 24.3 Å². The van der Waals surface area contributed by atoms with Gasteiger partial charge in [-0.15, -0.1) is 0 Å². The largest absolute Gasteiger partial charge is 0.452 e. The van der Waals surface area contributed by atoms with Gasteiger partial charge in [0.2, 0.25) is 0 Å². The first-order valence-electron chi connectivity index (χ1n) is 6.14. The van der Waals surface area contributed by atoms with Crippen molar-refractivity contribution >= 4 is 40.8 Å². The maximum atomic E-state index is 13.4. The lowest BCUT2D eigenvalue weighted by atomic mass is 10.2. The zero-order chi connectivity index (χ0) is 16.1. The van der Waals surface area contributed by atoms with Gasteiger partial charge in [-0.05, 0) is 30.3 Å². The van der Waals surface area contributed by atoms with Crippen LogP contribution in [0.5, 0.6) is 0 Å². The van der Waals surface area contributed by atoms with Crippen molar-refractivity contribution in [1.82, 2.24) is 0 Å². The van der Waals surface area contributed by atoms with Crippen molar-refractivity contribution in [3.63, 3.8) is 0 Å². The number of ether oxygens (including phenoxy) is 1. The molecule has 0 radical (unpaired) electrons. The Morgan fingerprint density at radius 1 is 1.14 bits per heavy atom. The van der Waals surface area contributed by atoms with Crippen molar-refractivity contribution in [3.05, 3.63) is 63.9 Å². The molecule has 0 saturated heterocycles. The fourth-order valence-corrected chi connectivity index (χ4v) is 1.95. The highest BCUT2D eigenvalue weighted by atomic mass is 35.5. The van der Waals surface area contributed by atoms with Gasteiger partial charge in [0, 0.05) is 5.02 Å². The third-order valence-corrected chi connectivity index (χ3v) is 3.20. The number of esters is 1. The Labute approximate surface area is 135 Å². The molecule has 0 aliphatic rings. The molecule has 2 rings (SSSR count). The third-order valence-electron chi connectivity index (χ3n) is 2.63. The molecule has 1 amide bonds. The summed E-state index contributed by atoms with van der Waals surface area (Å²) in [7, 11) is 0. The molecule has 0 aliphatic heterocycles. The van der Waals surface area contributed by atoms with Gasteiger partial charge < -0.3 is 10.1 Å². The van der Waals surface area contributed by atoms with E-state index in [1.807, 2.05) is 0 Å². The average Bonchev–Trinajstić information content (AvgIpc) is 2.49. The molecule has 0 atom stereocenters. The molecule has 0 bridgehead atoms. The minimum absolute atomic E-state index is 0.240. The summed E-state index contributed by atoms with van der Waals surface area (Å²) in [5.74, 6) is -2.26. The van der Waals surface area contributed by atoms with Gasteiger partial charge in [0.1, 0.15) is 5.82 Å². The number of amides is 1. The number of nitrogens with one attached hydrogen (secondary N) is 1. The zero-order valence-corrected chi connectivity index (χ0v) is 12.6. The van der Waals surface area contributed by atoms with Crippen molar-refractivity contribution < 1.29 is 18.7 Å². The topological polar surface area (TPSA) is 55.4 Å². The zero-order valence-electron chi connectivity index (χ0n) is 11.1. The minimum Gasteiger partial charge on any atom is -0.452 e. The summed E-state index contributed by atoms with van der Waals surface area (Å²) in [6.07, 6.45) is 0. The van der Waals surface area contributed by atoms with E-state index in [0.717, 1.165) is 6.07 Å². The lowest BCUT2D eigenvalue weighted by Gasteiger charge is -2.08. The Morgan fingerprint density at radius 2 is 1.86 bits per heavy atom. The molecule has 0 unspecified atom stereocenters. The first-order chi connectivity index (χ1) is 10.5. The quantitative estimate of drug-likeness (QED) is 0.857. The van der Waals surface area contributed by atoms with E-state index in [2.05, 4.69) is 5.32 Å². The fourth-order valence-electron chi connectivity index (χ4n) is 1.62. The molecule has 0 saturated carbocycles. The highest BCUT2D eigenvalue weighted by molar-refractivity contribution is 6.35. The fraction of sp³-hybridized carbons (Fsp3) is 0.0667. The van der Waals surface area contributed by atoms with Gasteiger partial charge in [0.15, 0.2) is 6.61 Å². The van der Waals surface area contributed by atoms with Crippen molar-refractivity contribution in [2.24, 2.45) is 0 Å². The Hall–Kier alpha value is -2.11. The second-order valence-corrected chi connectivity index (χ2v) is 5.07. The Balaban J connectivity index is 1.94. The molecule has 4 nitrogen and oxygen atoms in total. The van der Waals surface area contributed by atoms with E-state index in [1.54, 1.807) is 6.07 Å². The number of rotatable bonds is 4. The normalized spacial score (nSPS) is 10.1. The maximum absolute atomic E-state index is 13.4. The molecule has 114 valence electrons. The van der Waals surface area contributed by atoms with E-state index in [-0.39, 0.29) is 10.6 Å². The second-order valence-electron chi connectivity index (χ2n) is 4.23. The van der Waals surface area contributed by atoms with Gasteiger partial charge in [-0.25, -0.2) is 9.18 Å². The molecule has 2 aromatic carbocycles. The summed E-state index contributed by atoms with van der Waals surface area (Å²) in [6.45, 7) is -0.573. The number of carbonyl (C=O) groups excluding carboxylic acids is 2. The summed E-state index contributed by atoms with van der Waals surface area (Å²) in [5, 5.41) is 3.13. The molecule has 0 aliphatic carbocycles. The molecule has 0 spiro atoms. The predicted octanol–water partition coefficient (Wildman–Crippen LogP) is 3.93. The van der Waals surface area contributed by atoms with Gasteiger partial charge in [0.25, 0.3) is 5.91 Å². The number of benzene rings is 2. The third kappa shape index (κ3) is 4.19. The lowest BCUT2D eigenvalue weighted by Crippen LogP contribution is -2.21. The van der Waals surface area contributed by atoms with Crippen LogP contribution in [0.15, 0.2) is 42.5 Å². The van der Waals surface area contributed by atoms with Crippen LogP contribution in [0.25, 0.3) is 0 Å². The highest BCUT2D eigenvalue weighted by Crippen LogP contribution is 2.25. The van der Waals surface area contributed by atoms with E-state index in [4.69, 9.17) is 27.9 Å². The highest BCUT2D eigenvalue weighted by Gasteiger charge is 2.14. The molecule has 0 heterocycles. The van der Waals surface area contributed by atoms with Crippen LogP contribution < -0.4 is 5.32 Å². The van der Waals surface area contributed by atoms with Gasteiger partial charge in [-0.2, -0.15) is 0 Å². The van der Waals surface area contributed by atoms with Gasteiger partial charge >= 0.3 is 5.97 Å². The van der Waals surface area contributed by atoms with Crippen LogP contribution in [0.4, 0.5) is 10.1 Å². The lowest BCUT2D eigenvalue weighted by molar-refractivity contribution is -0.119. The predicted molar refractivity (Wildman–Crippen MR) is 81.8 cm³/mol. The van der Waals surface area contributed by atoms with Crippen molar-refractivity contribution in [2.75, 3.05) is 11.9 Å². The number of hydrogen-bond acceptors (Lipinski definition) is 3. The molecule has 7 heteroatoms.